The summed E-state index contributed by atoms with van der Waals surface area (Å²) in [7, 11) is 1.67. The van der Waals surface area contributed by atoms with Crippen molar-refractivity contribution in [3.8, 4) is 0 Å². The van der Waals surface area contributed by atoms with E-state index >= 15 is 0 Å². The summed E-state index contributed by atoms with van der Waals surface area (Å²) in [6.07, 6.45) is 7.74. The lowest BCUT2D eigenvalue weighted by Gasteiger charge is -2.57. The van der Waals surface area contributed by atoms with Gasteiger partial charge in [-0.1, -0.05) is 23.1 Å². The topological polar surface area (TPSA) is 76.1 Å². The van der Waals surface area contributed by atoms with Gasteiger partial charge in [-0.3, -0.25) is 4.79 Å². The molecule has 0 saturated heterocycles. The lowest BCUT2D eigenvalue weighted by Crippen LogP contribution is -2.60. The predicted molar refractivity (Wildman–Crippen MR) is 105 cm³/mol. The van der Waals surface area contributed by atoms with Crippen LogP contribution in [0.5, 0.6) is 0 Å². The van der Waals surface area contributed by atoms with Crippen molar-refractivity contribution in [1.82, 2.24) is 15.5 Å². The van der Waals surface area contributed by atoms with Gasteiger partial charge in [0.15, 0.2) is 4.34 Å². The van der Waals surface area contributed by atoms with Gasteiger partial charge in [0.2, 0.25) is 11.0 Å². The zero-order chi connectivity index (χ0) is 18.1. The number of ether oxygens (including phenoxy) is 1. The summed E-state index contributed by atoms with van der Waals surface area (Å²) in [6, 6.07) is 0. The second kappa shape index (κ2) is 7.64. The Kier molecular flexibility index (Phi) is 5.43. The SMILES string of the molecule is COCCNc1nnc(SC(C)C(=O)NC23CC4CC(CC(C4)C2)C3)s1. The number of anilines is 1. The summed E-state index contributed by atoms with van der Waals surface area (Å²) >= 11 is 2.99. The Bertz CT molecular complexity index is 616. The van der Waals surface area contributed by atoms with E-state index in [4.69, 9.17) is 4.74 Å². The van der Waals surface area contributed by atoms with Gasteiger partial charge in [-0.25, -0.2) is 0 Å². The van der Waals surface area contributed by atoms with Crippen molar-refractivity contribution >= 4 is 34.1 Å². The minimum atomic E-state index is -0.150. The van der Waals surface area contributed by atoms with Gasteiger partial charge in [0.1, 0.15) is 0 Å². The largest absolute Gasteiger partial charge is 0.383 e. The molecule has 1 heterocycles. The highest BCUT2D eigenvalue weighted by Gasteiger charge is 2.51. The first kappa shape index (κ1) is 18.5. The van der Waals surface area contributed by atoms with Crippen LogP contribution in [0.4, 0.5) is 5.13 Å². The van der Waals surface area contributed by atoms with Crippen molar-refractivity contribution in [2.24, 2.45) is 17.8 Å². The molecule has 0 spiro atoms. The van der Waals surface area contributed by atoms with Crippen LogP contribution in [0.1, 0.15) is 45.4 Å². The van der Waals surface area contributed by atoms with Gasteiger partial charge in [-0.2, -0.15) is 0 Å². The van der Waals surface area contributed by atoms with Crippen LogP contribution < -0.4 is 10.6 Å². The zero-order valence-corrected chi connectivity index (χ0v) is 17.1. The molecule has 1 atom stereocenters. The quantitative estimate of drug-likeness (QED) is 0.519. The Morgan fingerprint density at radius 3 is 2.54 bits per heavy atom. The number of carbonyl (C=O) groups excluding carboxylic acids is 1. The van der Waals surface area contributed by atoms with E-state index in [1.54, 1.807) is 7.11 Å². The summed E-state index contributed by atoms with van der Waals surface area (Å²) in [5, 5.41) is 15.6. The van der Waals surface area contributed by atoms with Gasteiger partial charge in [0.25, 0.3) is 0 Å². The van der Waals surface area contributed by atoms with E-state index in [9.17, 15) is 4.79 Å². The van der Waals surface area contributed by atoms with E-state index in [1.165, 1.54) is 61.6 Å². The standard InChI is InChI=1S/C18H28N4O2S2/c1-11(25-17-22-21-16(26-17)19-3-4-24-2)15(23)20-18-8-12-5-13(9-18)7-14(6-12)10-18/h11-14H,3-10H2,1-2H3,(H,19,21)(H,20,23). The lowest BCUT2D eigenvalue weighted by atomic mass is 9.53. The molecule has 1 aromatic heterocycles. The smallest absolute Gasteiger partial charge is 0.233 e. The van der Waals surface area contributed by atoms with E-state index in [1.807, 2.05) is 6.92 Å². The molecule has 144 valence electrons. The van der Waals surface area contributed by atoms with E-state index in [2.05, 4.69) is 20.8 Å². The predicted octanol–water partition coefficient (Wildman–Crippen LogP) is 3.16. The van der Waals surface area contributed by atoms with Gasteiger partial charge >= 0.3 is 0 Å². The monoisotopic (exact) mass is 396 g/mol. The minimum Gasteiger partial charge on any atom is -0.383 e. The fourth-order valence-corrected chi connectivity index (χ4v) is 7.34. The van der Waals surface area contributed by atoms with Crippen molar-refractivity contribution in [2.45, 2.75) is 60.6 Å². The van der Waals surface area contributed by atoms with Crippen molar-refractivity contribution in [3.63, 3.8) is 0 Å². The molecule has 5 rings (SSSR count). The van der Waals surface area contributed by atoms with Gasteiger partial charge in [0, 0.05) is 19.2 Å². The number of hydrogen-bond acceptors (Lipinski definition) is 7. The Morgan fingerprint density at radius 1 is 1.27 bits per heavy atom. The highest BCUT2D eigenvalue weighted by atomic mass is 32.2. The summed E-state index contributed by atoms with van der Waals surface area (Å²) < 4.78 is 5.85. The summed E-state index contributed by atoms with van der Waals surface area (Å²) in [5.41, 5.74) is 0.0780. The van der Waals surface area contributed by atoms with Crippen LogP contribution in [0.15, 0.2) is 4.34 Å². The first-order chi connectivity index (χ1) is 12.5. The number of nitrogens with one attached hydrogen (secondary N) is 2. The van der Waals surface area contributed by atoms with Crippen molar-refractivity contribution < 1.29 is 9.53 Å². The van der Waals surface area contributed by atoms with Crippen LogP contribution >= 0.6 is 23.1 Å². The summed E-state index contributed by atoms with van der Waals surface area (Å²) in [5.74, 6) is 2.68. The van der Waals surface area contributed by atoms with Gasteiger partial charge in [-0.05, 0) is 63.2 Å². The average molecular weight is 397 g/mol. The summed E-state index contributed by atoms with van der Waals surface area (Å²) in [4.78, 5) is 12.8. The molecule has 4 fully saturated rings. The first-order valence-corrected chi connectivity index (χ1v) is 11.3. The number of amides is 1. The number of rotatable bonds is 8. The molecule has 8 heteroatoms. The van der Waals surface area contributed by atoms with Crippen LogP contribution in [0, 0.1) is 17.8 Å². The van der Waals surface area contributed by atoms with Gasteiger partial charge in [0.05, 0.1) is 11.9 Å². The third-order valence-electron chi connectivity index (χ3n) is 6.06. The number of hydrogen-bond donors (Lipinski definition) is 2. The fourth-order valence-electron chi connectivity index (χ4n) is 5.42. The maximum absolute atomic E-state index is 12.8. The molecule has 1 aromatic rings. The molecule has 0 aromatic carbocycles. The van der Waals surface area contributed by atoms with Crippen LogP contribution in [0.2, 0.25) is 0 Å². The van der Waals surface area contributed by atoms with Crippen molar-refractivity contribution in [3.05, 3.63) is 0 Å². The van der Waals surface area contributed by atoms with Crippen LogP contribution in [-0.4, -0.2) is 47.2 Å². The van der Waals surface area contributed by atoms with Gasteiger partial charge in [-0.15, -0.1) is 10.2 Å². The molecule has 4 saturated carbocycles. The normalized spacial score (nSPS) is 33.2. The average Bonchev–Trinajstić information content (AvgIpc) is 3.00. The molecule has 4 aliphatic rings. The Labute approximate surface area is 163 Å². The van der Waals surface area contributed by atoms with Crippen LogP contribution in [0.25, 0.3) is 0 Å². The number of carbonyl (C=O) groups is 1. The molecular weight excluding hydrogens is 368 g/mol. The molecule has 0 radical (unpaired) electrons. The fraction of sp³-hybridized carbons (Fsp3) is 0.833. The molecule has 2 N–H and O–H groups in total. The second-order valence-corrected chi connectivity index (χ2v) is 10.8. The molecule has 1 unspecified atom stereocenters. The van der Waals surface area contributed by atoms with Crippen LogP contribution in [0.3, 0.4) is 0 Å². The molecule has 4 bridgehead atoms. The van der Waals surface area contributed by atoms with E-state index in [0.29, 0.717) is 13.2 Å². The molecular formula is C18H28N4O2S2. The van der Waals surface area contributed by atoms with Gasteiger partial charge < -0.3 is 15.4 Å². The first-order valence-electron chi connectivity index (χ1n) is 9.60. The lowest BCUT2D eigenvalue weighted by molar-refractivity contribution is -0.126. The minimum absolute atomic E-state index is 0.0780. The molecule has 26 heavy (non-hydrogen) atoms. The van der Waals surface area contributed by atoms with Crippen molar-refractivity contribution in [2.75, 3.05) is 25.6 Å². The maximum Gasteiger partial charge on any atom is 0.233 e. The van der Waals surface area contributed by atoms with Crippen LogP contribution in [-0.2, 0) is 9.53 Å². The molecule has 1 amide bonds. The zero-order valence-electron chi connectivity index (χ0n) is 15.5. The highest BCUT2D eigenvalue weighted by Crippen LogP contribution is 2.55. The third kappa shape index (κ3) is 4.02. The number of aromatic nitrogens is 2. The second-order valence-electron chi connectivity index (χ2n) is 8.24. The van der Waals surface area contributed by atoms with Crippen molar-refractivity contribution in [1.29, 1.82) is 0 Å². The number of methoxy groups -OCH3 is 1. The molecule has 6 nitrogen and oxygen atoms in total. The number of thioether (sulfide) groups is 1. The Hall–Kier alpha value is -0.860. The summed E-state index contributed by atoms with van der Waals surface area (Å²) in [6.45, 7) is 3.31. The van der Waals surface area contributed by atoms with E-state index in [0.717, 1.165) is 27.2 Å². The van der Waals surface area contributed by atoms with E-state index < -0.39 is 0 Å². The number of nitrogens with zero attached hydrogens (tertiary/aromatic N) is 2. The van der Waals surface area contributed by atoms with E-state index in [-0.39, 0.29) is 16.7 Å². The molecule has 0 aliphatic heterocycles. The molecule has 4 aliphatic carbocycles. The Balaban J connectivity index is 1.31. The Morgan fingerprint density at radius 2 is 1.92 bits per heavy atom. The highest BCUT2D eigenvalue weighted by molar-refractivity contribution is 8.02. The maximum atomic E-state index is 12.8. The third-order valence-corrected chi connectivity index (χ3v) is 8.13.